The monoisotopic (exact) mass is 810 g/mol. The number of carbonyl (C=O) groups is 1. The highest BCUT2D eigenvalue weighted by atomic mass is 79.9. The third-order valence-corrected chi connectivity index (χ3v) is 9.24. The van der Waals surface area contributed by atoms with Crippen molar-refractivity contribution in [3.63, 3.8) is 0 Å². The molecule has 0 saturated carbocycles. The van der Waals surface area contributed by atoms with Crippen molar-refractivity contribution in [3.8, 4) is 28.5 Å². The van der Waals surface area contributed by atoms with E-state index in [4.69, 9.17) is 14.2 Å². The highest BCUT2D eigenvalue weighted by Crippen LogP contribution is 2.36. The summed E-state index contributed by atoms with van der Waals surface area (Å²) in [5.41, 5.74) is 8.58. The fourth-order valence-corrected chi connectivity index (χ4v) is 7.03. The summed E-state index contributed by atoms with van der Waals surface area (Å²) in [6.07, 6.45) is 1.57. The number of hydrogen-bond donors (Lipinski definition) is 2. The van der Waals surface area contributed by atoms with Crippen molar-refractivity contribution in [1.82, 2.24) is 10.4 Å². The second-order valence-electron chi connectivity index (χ2n) is 10.9. The Hall–Kier alpha value is -4.97. The molecule has 0 atom stereocenters. The summed E-state index contributed by atoms with van der Waals surface area (Å²) < 4.78 is 19.5. The Morgan fingerprint density at radius 3 is 2.22 bits per heavy atom. The molecule has 50 heavy (non-hydrogen) atoms. The van der Waals surface area contributed by atoms with Crippen molar-refractivity contribution in [3.05, 3.63) is 152 Å². The van der Waals surface area contributed by atoms with Crippen LogP contribution in [0.15, 0.2) is 135 Å². The minimum atomic E-state index is -0.321. The fraction of sp³-hybridized carbons (Fsp3) is 0.103. The van der Waals surface area contributed by atoms with Gasteiger partial charge in [-0.1, -0.05) is 66.7 Å². The van der Waals surface area contributed by atoms with Gasteiger partial charge in [0.15, 0.2) is 16.6 Å². The van der Waals surface area contributed by atoms with E-state index in [0.717, 1.165) is 47.7 Å². The molecule has 0 unspecified atom stereocenters. The van der Waals surface area contributed by atoms with Crippen LogP contribution in [0.2, 0.25) is 0 Å². The van der Waals surface area contributed by atoms with E-state index in [0.29, 0.717) is 42.6 Å². The van der Waals surface area contributed by atoms with Gasteiger partial charge >= 0.3 is 0 Å². The van der Waals surface area contributed by atoms with Gasteiger partial charge in [0.05, 0.1) is 27.5 Å². The number of nitrogens with zero attached hydrogens (tertiary/aromatic N) is 2. The molecule has 1 amide bonds. The molecule has 0 fully saturated rings. The molecule has 0 spiro atoms. The Balaban J connectivity index is 1.02. The lowest BCUT2D eigenvalue weighted by atomic mass is 10.1. The first-order chi connectivity index (χ1) is 24.4. The maximum Gasteiger partial charge on any atom is 0.271 e. The summed E-state index contributed by atoms with van der Waals surface area (Å²) >= 11 is 8.74. The molecule has 0 radical (unpaired) electrons. The second kappa shape index (κ2) is 17.1. The van der Waals surface area contributed by atoms with Crippen LogP contribution >= 0.6 is 43.2 Å². The molecule has 0 saturated heterocycles. The number of rotatable bonds is 14. The number of para-hydroxylation sites is 1. The van der Waals surface area contributed by atoms with Crippen molar-refractivity contribution in [2.24, 2.45) is 5.10 Å². The van der Waals surface area contributed by atoms with Crippen LogP contribution in [0.4, 0.5) is 10.8 Å². The van der Waals surface area contributed by atoms with Gasteiger partial charge in [-0.25, -0.2) is 10.4 Å². The molecular formula is C39H32Br2N4O4S. The van der Waals surface area contributed by atoms with Crippen molar-refractivity contribution < 1.29 is 19.0 Å². The number of halogens is 2. The van der Waals surface area contributed by atoms with Crippen LogP contribution in [0, 0.1) is 0 Å². The average molecular weight is 813 g/mol. The lowest BCUT2D eigenvalue weighted by Gasteiger charge is -2.15. The van der Waals surface area contributed by atoms with Gasteiger partial charge in [-0.2, -0.15) is 5.10 Å². The van der Waals surface area contributed by atoms with E-state index in [1.165, 1.54) is 11.3 Å². The molecule has 6 rings (SSSR count). The van der Waals surface area contributed by atoms with Crippen molar-refractivity contribution in [2.75, 3.05) is 11.9 Å². The lowest BCUT2D eigenvalue weighted by molar-refractivity contribution is 0.0955. The predicted molar refractivity (Wildman–Crippen MR) is 207 cm³/mol. The van der Waals surface area contributed by atoms with Crippen LogP contribution in [0.1, 0.15) is 34.0 Å². The molecule has 1 heterocycles. The summed E-state index contributed by atoms with van der Waals surface area (Å²) in [6, 6.07) is 36.7. The number of amides is 1. The number of hydrogen-bond acceptors (Lipinski definition) is 8. The topological polar surface area (TPSA) is 94.1 Å². The normalized spacial score (nSPS) is 10.9. The standard InChI is InChI=1S/C39H32Br2N4O4S/c1-2-47-36-21-27(13-18-35(36)48-23-26-9-5-3-6-10-26)24-49-37-32(40)19-28(20-33(37)41)22-42-45-38(46)30-16-14-29(15-17-30)34-25-50-39(44-34)43-31-11-7-4-8-12-31/h3-22,25H,2,23-24H2,1H3,(H,43,44)(H,45,46)/b42-22+. The maximum atomic E-state index is 12.8. The Labute approximate surface area is 311 Å². The van der Waals surface area contributed by atoms with Gasteiger partial charge < -0.3 is 19.5 Å². The third-order valence-electron chi connectivity index (χ3n) is 7.30. The molecule has 5 aromatic carbocycles. The molecular weight excluding hydrogens is 780 g/mol. The molecule has 6 aromatic rings. The van der Waals surface area contributed by atoms with Crippen molar-refractivity contribution in [1.29, 1.82) is 0 Å². The van der Waals surface area contributed by atoms with Crippen LogP contribution in [0.25, 0.3) is 11.3 Å². The summed E-state index contributed by atoms with van der Waals surface area (Å²) in [4.78, 5) is 17.4. The van der Waals surface area contributed by atoms with Gasteiger partial charge in [0.2, 0.25) is 0 Å². The van der Waals surface area contributed by atoms with Gasteiger partial charge in [0.25, 0.3) is 5.91 Å². The zero-order chi connectivity index (χ0) is 34.7. The van der Waals surface area contributed by atoms with Gasteiger partial charge in [-0.15, -0.1) is 11.3 Å². The number of benzene rings is 5. The fourth-order valence-electron chi connectivity index (χ4n) is 4.84. The molecule has 11 heteroatoms. The third kappa shape index (κ3) is 9.38. The van der Waals surface area contributed by atoms with Crippen LogP contribution < -0.4 is 25.0 Å². The molecule has 252 valence electrons. The molecule has 1 aromatic heterocycles. The highest BCUT2D eigenvalue weighted by Gasteiger charge is 2.13. The highest BCUT2D eigenvalue weighted by molar-refractivity contribution is 9.11. The summed E-state index contributed by atoms with van der Waals surface area (Å²) in [7, 11) is 0. The zero-order valence-electron chi connectivity index (χ0n) is 26.9. The minimum Gasteiger partial charge on any atom is -0.490 e. The number of nitrogens with one attached hydrogen (secondary N) is 2. The van der Waals surface area contributed by atoms with E-state index in [9.17, 15) is 4.79 Å². The van der Waals surface area contributed by atoms with Crippen LogP contribution in [0.5, 0.6) is 17.2 Å². The van der Waals surface area contributed by atoms with E-state index in [-0.39, 0.29) is 5.91 Å². The first-order valence-corrected chi connectivity index (χ1v) is 18.2. The molecule has 0 bridgehead atoms. The largest absolute Gasteiger partial charge is 0.490 e. The smallest absolute Gasteiger partial charge is 0.271 e. The SMILES string of the molecule is CCOc1cc(COc2c(Br)cc(/C=N/NC(=O)c3ccc(-c4csc(Nc5ccccc5)n4)cc3)cc2Br)ccc1OCc1ccccc1. The summed E-state index contributed by atoms with van der Waals surface area (Å²) in [6.45, 7) is 3.22. The Kier molecular flexibility index (Phi) is 11.9. The van der Waals surface area contributed by atoms with Gasteiger partial charge in [-0.3, -0.25) is 4.79 Å². The Morgan fingerprint density at radius 1 is 0.800 bits per heavy atom. The van der Waals surface area contributed by atoms with E-state index in [1.807, 2.05) is 115 Å². The second-order valence-corrected chi connectivity index (χ2v) is 13.5. The van der Waals surface area contributed by atoms with Crippen LogP contribution in [-0.2, 0) is 13.2 Å². The number of carbonyl (C=O) groups excluding carboxylic acids is 1. The van der Waals surface area contributed by atoms with E-state index in [2.05, 4.69) is 52.7 Å². The van der Waals surface area contributed by atoms with E-state index >= 15 is 0 Å². The summed E-state index contributed by atoms with van der Waals surface area (Å²) in [5.74, 6) is 1.66. The Bertz CT molecular complexity index is 2050. The van der Waals surface area contributed by atoms with Gasteiger partial charge in [-0.05, 0) is 104 Å². The number of anilines is 2. The van der Waals surface area contributed by atoms with E-state index < -0.39 is 0 Å². The minimum absolute atomic E-state index is 0.312. The van der Waals surface area contributed by atoms with Gasteiger partial charge in [0, 0.05) is 22.2 Å². The quantitative estimate of drug-likeness (QED) is 0.0841. The first-order valence-electron chi connectivity index (χ1n) is 15.7. The molecule has 2 N–H and O–H groups in total. The molecule has 0 aliphatic heterocycles. The number of hydrazone groups is 1. The zero-order valence-corrected chi connectivity index (χ0v) is 30.9. The molecule has 8 nitrogen and oxygen atoms in total. The first kappa shape index (κ1) is 34.9. The summed E-state index contributed by atoms with van der Waals surface area (Å²) in [5, 5.41) is 10.3. The van der Waals surface area contributed by atoms with E-state index in [1.54, 1.807) is 18.3 Å². The Morgan fingerprint density at radius 2 is 1.50 bits per heavy atom. The molecule has 0 aliphatic rings. The molecule has 0 aliphatic carbocycles. The maximum absolute atomic E-state index is 12.8. The average Bonchev–Trinajstić information content (AvgIpc) is 3.60. The van der Waals surface area contributed by atoms with Crippen LogP contribution in [0.3, 0.4) is 0 Å². The van der Waals surface area contributed by atoms with Crippen molar-refractivity contribution in [2.45, 2.75) is 20.1 Å². The number of ether oxygens (including phenoxy) is 3. The number of aromatic nitrogens is 1. The number of thiazole rings is 1. The van der Waals surface area contributed by atoms with Crippen molar-refractivity contribution >= 4 is 66.1 Å². The lowest BCUT2D eigenvalue weighted by Crippen LogP contribution is -2.17. The predicted octanol–water partition coefficient (Wildman–Crippen LogP) is 10.4. The van der Waals surface area contributed by atoms with Gasteiger partial charge in [0.1, 0.15) is 19.0 Å². The van der Waals surface area contributed by atoms with Crippen LogP contribution in [-0.4, -0.2) is 23.7 Å².